The Balaban J connectivity index is 1.79. The van der Waals surface area contributed by atoms with Crippen LogP contribution in [0.15, 0.2) is 10.8 Å². The molecular formula is C16H23N5O2. The molecule has 0 N–H and O–H groups in total. The third-order valence-corrected chi connectivity index (χ3v) is 4.26. The van der Waals surface area contributed by atoms with Crippen LogP contribution in [-0.4, -0.2) is 43.6 Å². The summed E-state index contributed by atoms with van der Waals surface area (Å²) >= 11 is 0. The van der Waals surface area contributed by atoms with E-state index < -0.39 is 0 Å². The zero-order valence-electron chi connectivity index (χ0n) is 14.1. The summed E-state index contributed by atoms with van der Waals surface area (Å²) in [5.41, 5.74) is 0.437. The summed E-state index contributed by atoms with van der Waals surface area (Å²) in [6.45, 7) is 9.21. The SMILES string of the molecule is Cc1nc(C)n(C2CCCN(C(=O)c3ncoc3C(C)C)C2)n1. The van der Waals surface area contributed by atoms with Crippen molar-refractivity contribution < 1.29 is 9.21 Å². The van der Waals surface area contributed by atoms with Gasteiger partial charge in [-0.05, 0) is 26.7 Å². The van der Waals surface area contributed by atoms with Crippen LogP contribution in [0.3, 0.4) is 0 Å². The molecule has 1 aliphatic rings. The van der Waals surface area contributed by atoms with Crippen LogP contribution in [0, 0.1) is 13.8 Å². The molecule has 1 saturated heterocycles. The standard InChI is InChI=1S/C16H23N5O2/c1-10(2)15-14(17-9-23-15)16(22)20-7-5-6-13(8-20)21-12(4)18-11(3)19-21/h9-10,13H,5-8H2,1-4H3. The topological polar surface area (TPSA) is 77.0 Å². The van der Waals surface area contributed by atoms with Crippen LogP contribution in [0.25, 0.3) is 0 Å². The molecule has 0 aromatic carbocycles. The first-order valence-corrected chi connectivity index (χ1v) is 8.09. The lowest BCUT2D eigenvalue weighted by Crippen LogP contribution is -2.41. The monoisotopic (exact) mass is 317 g/mol. The molecule has 3 rings (SSSR count). The van der Waals surface area contributed by atoms with E-state index in [2.05, 4.69) is 15.1 Å². The Labute approximate surface area is 135 Å². The van der Waals surface area contributed by atoms with E-state index in [1.165, 1.54) is 6.39 Å². The van der Waals surface area contributed by atoms with Crippen LogP contribution in [-0.2, 0) is 0 Å². The van der Waals surface area contributed by atoms with Gasteiger partial charge in [0.25, 0.3) is 5.91 Å². The molecule has 1 aliphatic heterocycles. The highest BCUT2D eigenvalue weighted by atomic mass is 16.3. The summed E-state index contributed by atoms with van der Waals surface area (Å²) < 4.78 is 7.33. The van der Waals surface area contributed by atoms with E-state index in [0.717, 1.165) is 31.0 Å². The maximum absolute atomic E-state index is 12.8. The fourth-order valence-electron chi connectivity index (χ4n) is 3.20. The Bertz CT molecular complexity index is 703. The number of hydrogen-bond acceptors (Lipinski definition) is 5. The second-order valence-corrected chi connectivity index (χ2v) is 6.42. The highest BCUT2D eigenvalue weighted by Crippen LogP contribution is 2.25. The van der Waals surface area contributed by atoms with Crippen molar-refractivity contribution in [1.82, 2.24) is 24.6 Å². The average molecular weight is 317 g/mol. The highest BCUT2D eigenvalue weighted by Gasteiger charge is 2.30. The molecule has 0 spiro atoms. The Kier molecular flexibility index (Phi) is 4.19. The molecule has 1 amide bonds. The molecule has 7 heteroatoms. The van der Waals surface area contributed by atoms with Crippen molar-refractivity contribution >= 4 is 5.91 Å². The number of hydrogen-bond donors (Lipinski definition) is 0. The lowest BCUT2D eigenvalue weighted by atomic mass is 10.0. The molecule has 124 valence electrons. The third kappa shape index (κ3) is 3.00. The summed E-state index contributed by atoms with van der Waals surface area (Å²) in [5, 5.41) is 4.47. The number of aromatic nitrogens is 4. The number of aryl methyl sites for hydroxylation is 2. The lowest BCUT2D eigenvalue weighted by molar-refractivity contribution is 0.0663. The number of rotatable bonds is 3. The molecule has 23 heavy (non-hydrogen) atoms. The summed E-state index contributed by atoms with van der Waals surface area (Å²) in [5.74, 6) is 2.40. The van der Waals surface area contributed by atoms with E-state index in [9.17, 15) is 4.79 Å². The summed E-state index contributed by atoms with van der Waals surface area (Å²) in [7, 11) is 0. The van der Waals surface area contributed by atoms with Crippen LogP contribution in [0.5, 0.6) is 0 Å². The Morgan fingerprint density at radius 1 is 1.39 bits per heavy atom. The van der Waals surface area contributed by atoms with E-state index in [4.69, 9.17) is 4.42 Å². The van der Waals surface area contributed by atoms with Gasteiger partial charge in [-0.15, -0.1) is 0 Å². The van der Waals surface area contributed by atoms with Crippen LogP contribution >= 0.6 is 0 Å². The van der Waals surface area contributed by atoms with Crippen LogP contribution in [0.1, 0.15) is 66.5 Å². The smallest absolute Gasteiger partial charge is 0.276 e. The highest BCUT2D eigenvalue weighted by molar-refractivity contribution is 5.93. The van der Waals surface area contributed by atoms with E-state index in [1.54, 1.807) is 0 Å². The third-order valence-electron chi connectivity index (χ3n) is 4.26. The Hall–Kier alpha value is -2.18. The molecule has 3 heterocycles. The van der Waals surface area contributed by atoms with Crippen molar-refractivity contribution in [3.63, 3.8) is 0 Å². The molecule has 0 saturated carbocycles. The zero-order valence-corrected chi connectivity index (χ0v) is 14.1. The van der Waals surface area contributed by atoms with E-state index in [-0.39, 0.29) is 17.9 Å². The Morgan fingerprint density at radius 3 is 2.83 bits per heavy atom. The van der Waals surface area contributed by atoms with Crippen LogP contribution in [0.2, 0.25) is 0 Å². The van der Waals surface area contributed by atoms with E-state index >= 15 is 0 Å². The first-order valence-electron chi connectivity index (χ1n) is 8.09. The van der Waals surface area contributed by atoms with Gasteiger partial charge in [0.15, 0.2) is 12.1 Å². The second kappa shape index (κ2) is 6.14. The van der Waals surface area contributed by atoms with Gasteiger partial charge >= 0.3 is 0 Å². The molecule has 0 bridgehead atoms. The first-order chi connectivity index (χ1) is 11.0. The van der Waals surface area contributed by atoms with E-state index in [1.807, 2.05) is 37.3 Å². The van der Waals surface area contributed by atoms with Gasteiger partial charge in [0.05, 0.1) is 6.04 Å². The summed E-state index contributed by atoms with van der Waals surface area (Å²) in [6.07, 6.45) is 3.31. The van der Waals surface area contributed by atoms with Gasteiger partial charge in [0.1, 0.15) is 17.4 Å². The molecule has 1 atom stereocenters. The normalized spacial score (nSPS) is 18.7. The Morgan fingerprint density at radius 2 is 2.17 bits per heavy atom. The molecule has 7 nitrogen and oxygen atoms in total. The van der Waals surface area contributed by atoms with Crippen molar-refractivity contribution in [2.24, 2.45) is 0 Å². The van der Waals surface area contributed by atoms with Crippen molar-refractivity contribution in [3.8, 4) is 0 Å². The maximum Gasteiger partial charge on any atom is 0.276 e. The van der Waals surface area contributed by atoms with Crippen molar-refractivity contribution in [3.05, 3.63) is 29.5 Å². The number of piperidine rings is 1. The molecule has 0 radical (unpaired) electrons. The van der Waals surface area contributed by atoms with Gasteiger partial charge in [-0.3, -0.25) is 4.79 Å². The largest absolute Gasteiger partial charge is 0.447 e. The molecule has 0 aliphatic carbocycles. The summed E-state index contributed by atoms with van der Waals surface area (Å²) in [6, 6.07) is 0.170. The van der Waals surface area contributed by atoms with Crippen molar-refractivity contribution in [2.75, 3.05) is 13.1 Å². The number of carbonyl (C=O) groups excluding carboxylic acids is 1. The average Bonchev–Trinajstić information content (AvgIpc) is 3.13. The minimum atomic E-state index is -0.0540. The van der Waals surface area contributed by atoms with E-state index in [0.29, 0.717) is 18.0 Å². The molecule has 1 unspecified atom stereocenters. The number of likely N-dealkylation sites (tertiary alicyclic amines) is 1. The predicted octanol–water partition coefficient (Wildman–Crippen LogP) is 2.48. The minimum absolute atomic E-state index is 0.0540. The van der Waals surface area contributed by atoms with Crippen molar-refractivity contribution in [2.45, 2.75) is 52.5 Å². The van der Waals surface area contributed by atoms with Gasteiger partial charge in [-0.25, -0.2) is 14.6 Å². The molecular weight excluding hydrogens is 294 g/mol. The van der Waals surface area contributed by atoms with Gasteiger partial charge in [-0.2, -0.15) is 5.10 Å². The predicted molar refractivity (Wildman–Crippen MR) is 84.3 cm³/mol. The molecule has 1 fully saturated rings. The van der Waals surface area contributed by atoms with Crippen molar-refractivity contribution in [1.29, 1.82) is 0 Å². The van der Waals surface area contributed by atoms with Gasteiger partial charge in [-0.1, -0.05) is 13.8 Å². The van der Waals surface area contributed by atoms with Crippen LogP contribution in [0.4, 0.5) is 0 Å². The maximum atomic E-state index is 12.8. The minimum Gasteiger partial charge on any atom is -0.447 e. The van der Waals surface area contributed by atoms with Gasteiger partial charge < -0.3 is 9.32 Å². The fraction of sp³-hybridized carbons (Fsp3) is 0.625. The second-order valence-electron chi connectivity index (χ2n) is 6.42. The van der Waals surface area contributed by atoms with Gasteiger partial charge in [0.2, 0.25) is 0 Å². The first kappa shape index (κ1) is 15.7. The van der Waals surface area contributed by atoms with Gasteiger partial charge in [0, 0.05) is 19.0 Å². The number of oxazole rings is 1. The molecule has 2 aromatic rings. The fourth-order valence-corrected chi connectivity index (χ4v) is 3.20. The number of nitrogens with zero attached hydrogens (tertiary/aromatic N) is 5. The number of carbonyl (C=O) groups is 1. The van der Waals surface area contributed by atoms with Crippen LogP contribution < -0.4 is 0 Å². The zero-order chi connectivity index (χ0) is 16.6. The summed E-state index contributed by atoms with van der Waals surface area (Å²) in [4.78, 5) is 23.2. The molecule has 2 aromatic heterocycles. The number of amides is 1. The lowest BCUT2D eigenvalue weighted by Gasteiger charge is -2.32. The quantitative estimate of drug-likeness (QED) is 0.869.